The zero-order chi connectivity index (χ0) is 25.8. The molecule has 0 aliphatic rings. The van der Waals surface area contributed by atoms with Gasteiger partial charge in [-0.25, -0.2) is 17.6 Å². The lowest BCUT2D eigenvalue weighted by atomic mass is 9.95. The van der Waals surface area contributed by atoms with Crippen LogP contribution in [0.2, 0.25) is 0 Å². The number of benzene rings is 4. The zero-order valence-corrected chi connectivity index (χ0v) is 19.1. The molecule has 0 fully saturated rings. The SMILES string of the molecule is C=CCCc1cc(F)c(-c2ccc3c(F)c(CCc4ccc(OC(F)F)c(F)c4)ccc3c2)c(F)c1. The van der Waals surface area contributed by atoms with Gasteiger partial charge in [0.1, 0.15) is 17.5 Å². The number of fused-ring (bicyclic) bond motifs is 1. The highest BCUT2D eigenvalue weighted by atomic mass is 19.3. The van der Waals surface area contributed by atoms with E-state index in [9.17, 15) is 22.0 Å². The van der Waals surface area contributed by atoms with E-state index in [-0.39, 0.29) is 23.8 Å². The Balaban J connectivity index is 1.56. The molecule has 1 nitrogen and oxygen atoms in total. The maximum Gasteiger partial charge on any atom is 0.387 e. The molecule has 0 heterocycles. The van der Waals surface area contributed by atoms with Crippen LogP contribution in [0.1, 0.15) is 23.1 Å². The Bertz CT molecular complexity index is 1390. The van der Waals surface area contributed by atoms with Crippen molar-refractivity contribution in [2.24, 2.45) is 0 Å². The van der Waals surface area contributed by atoms with E-state index in [0.717, 1.165) is 12.1 Å². The van der Waals surface area contributed by atoms with Crippen LogP contribution in [-0.4, -0.2) is 6.61 Å². The van der Waals surface area contributed by atoms with Crippen LogP contribution in [0.5, 0.6) is 5.75 Å². The lowest BCUT2D eigenvalue weighted by molar-refractivity contribution is -0.0522. The maximum absolute atomic E-state index is 15.2. The van der Waals surface area contributed by atoms with E-state index in [4.69, 9.17) is 0 Å². The van der Waals surface area contributed by atoms with E-state index in [2.05, 4.69) is 11.3 Å². The predicted octanol–water partition coefficient (Wildman–Crippen LogP) is 8.57. The van der Waals surface area contributed by atoms with Gasteiger partial charge >= 0.3 is 6.61 Å². The van der Waals surface area contributed by atoms with Crippen LogP contribution in [0.4, 0.5) is 26.3 Å². The van der Waals surface area contributed by atoms with Crippen molar-refractivity contribution in [2.75, 3.05) is 0 Å². The lowest BCUT2D eigenvalue weighted by Gasteiger charge is -2.11. The zero-order valence-electron chi connectivity index (χ0n) is 19.1. The number of hydrogen-bond acceptors (Lipinski definition) is 1. The molecular formula is C29H22F6O. The number of halogens is 6. The van der Waals surface area contributed by atoms with Crippen molar-refractivity contribution in [1.29, 1.82) is 0 Å². The Labute approximate surface area is 204 Å². The first-order chi connectivity index (χ1) is 17.3. The van der Waals surface area contributed by atoms with Crippen LogP contribution in [0.25, 0.3) is 21.9 Å². The van der Waals surface area contributed by atoms with E-state index in [0.29, 0.717) is 40.5 Å². The van der Waals surface area contributed by atoms with Crippen LogP contribution in [-0.2, 0) is 19.3 Å². The molecule has 0 N–H and O–H groups in total. The second-order valence-corrected chi connectivity index (χ2v) is 8.38. The second-order valence-electron chi connectivity index (χ2n) is 8.38. The minimum Gasteiger partial charge on any atom is -0.432 e. The predicted molar refractivity (Wildman–Crippen MR) is 128 cm³/mol. The van der Waals surface area contributed by atoms with Crippen molar-refractivity contribution >= 4 is 10.8 Å². The molecule has 4 aromatic rings. The third-order valence-corrected chi connectivity index (χ3v) is 5.96. The van der Waals surface area contributed by atoms with Crippen LogP contribution < -0.4 is 4.74 Å². The Hall–Kier alpha value is -3.74. The molecule has 36 heavy (non-hydrogen) atoms. The number of allylic oxidation sites excluding steroid dienone is 1. The summed E-state index contributed by atoms with van der Waals surface area (Å²) in [6.07, 6.45) is 3.25. The molecule has 0 aliphatic carbocycles. The Morgan fingerprint density at radius 3 is 2.14 bits per heavy atom. The van der Waals surface area contributed by atoms with Gasteiger partial charge in [0.15, 0.2) is 11.6 Å². The van der Waals surface area contributed by atoms with Gasteiger partial charge in [0.25, 0.3) is 0 Å². The Morgan fingerprint density at radius 1 is 0.750 bits per heavy atom. The quantitative estimate of drug-likeness (QED) is 0.165. The fourth-order valence-corrected chi connectivity index (χ4v) is 4.17. The normalized spacial score (nSPS) is 11.3. The third-order valence-electron chi connectivity index (χ3n) is 5.96. The van der Waals surface area contributed by atoms with Crippen molar-refractivity contribution in [3.8, 4) is 16.9 Å². The van der Waals surface area contributed by atoms with Crippen LogP contribution in [0, 0.1) is 23.3 Å². The van der Waals surface area contributed by atoms with Crippen molar-refractivity contribution in [3.63, 3.8) is 0 Å². The van der Waals surface area contributed by atoms with Gasteiger partial charge in [-0.3, -0.25) is 0 Å². The fraction of sp³-hybridized carbons (Fsp3) is 0.172. The summed E-state index contributed by atoms with van der Waals surface area (Å²) in [6.45, 7) is 0.477. The average Bonchev–Trinajstić information content (AvgIpc) is 2.83. The van der Waals surface area contributed by atoms with Crippen LogP contribution >= 0.6 is 0 Å². The maximum atomic E-state index is 15.2. The first kappa shape index (κ1) is 25.4. The average molecular weight is 500 g/mol. The number of ether oxygens (including phenoxy) is 1. The van der Waals surface area contributed by atoms with Gasteiger partial charge in [0.2, 0.25) is 0 Å². The van der Waals surface area contributed by atoms with Gasteiger partial charge in [-0.1, -0.05) is 36.4 Å². The standard InChI is InChI=1S/C29H22F6O/c1-2-3-4-18-14-24(31)27(25(32)15-18)21-10-11-22-20(16-21)9-8-19(28(22)33)7-5-17-6-12-26(23(30)13-17)36-29(34)35/h2,6,8-16,29H,1,3-5,7H2. The number of alkyl halides is 2. The highest BCUT2D eigenvalue weighted by Gasteiger charge is 2.16. The Kier molecular flexibility index (Phi) is 7.67. The summed E-state index contributed by atoms with van der Waals surface area (Å²) in [5.41, 5.74) is 1.51. The molecule has 0 atom stereocenters. The van der Waals surface area contributed by atoms with E-state index in [1.165, 1.54) is 36.4 Å². The van der Waals surface area contributed by atoms with Crippen molar-refractivity contribution < 1.29 is 31.1 Å². The molecule has 0 spiro atoms. The largest absolute Gasteiger partial charge is 0.432 e. The monoisotopic (exact) mass is 500 g/mol. The molecule has 0 saturated heterocycles. The van der Waals surface area contributed by atoms with Gasteiger partial charge in [0.05, 0.1) is 5.56 Å². The molecule has 4 aromatic carbocycles. The van der Waals surface area contributed by atoms with Crippen molar-refractivity contribution in [2.45, 2.75) is 32.3 Å². The van der Waals surface area contributed by atoms with Gasteiger partial charge < -0.3 is 4.74 Å². The molecule has 0 saturated carbocycles. The molecule has 0 aromatic heterocycles. The molecule has 0 radical (unpaired) electrons. The molecule has 186 valence electrons. The summed E-state index contributed by atoms with van der Waals surface area (Å²) in [7, 11) is 0. The number of aryl methyl sites for hydroxylation is 3. The molecule has 0 amide bonds. The highest BCUT2D eigenvalue weighted by Crippen LogP contribution is 2.32. The minimum absolute atomic E-state index is 0.176. The van der Waals surface area contributed by atoms with Crippen LogP contribution in [0.3, 0.4) is 0 Å². The first-order valence-electron chi connectivity index (χ1n) is 11.3. The summed E-state index contributed by atoms with van der Waals surface area (Å²) in [6, 6.07) is 13.9. The summed E-state index contributed by atoms with van der Waals surface area (Å²) < 4.78 is 87.3. The minimum atomic E-state index is -3.13. The molecule has 7 heteroatoms. The smallest absolute Gasteiger partial charge is 0.387 e. The van der Waals surface area contributed by atoms with Gasteiger partial charge in [-0.15, -0.1) is 6.58 Å². The van der Waals surface area contributed by atoms with Gasteiger partial charge in [-0.05, 0) is 83.7 Å². The summed E-state index contributed by atoms with van der Waals surface area (Å²) in [5.74, 6) is -3.35. The molecule has 0 aliphatic heterocycles. The summed E-state index contributed by atoms with van der Waals surface area (Å²) in [5, 5.41) is 0.759. The van der Waals surface area contributed by atoms with E-state index >= 15 is 4.39 Å². The fourth-order valence-electron chi connectivity index (χ4n) is 4.17. The highest BCUT2D eigenvalue weighted by molar-refractivity contribution is 5.88. The van der Waals surface area contributed by atoms with Gasteiger partial charge in [-0.2, -0.15) is 8.78 Å². The second kappa shape index (κ2) is 10.9. The van der Waals surface area contributed by atoms with Crippen LogP contribution in [0.15, 0.2) is 73.3 Å². The molecule has 0 bridgehead atoms. The van der Waals surface area contributed by atoms with Crippen molar-refractivity contribution in [3.05, 3.63) is 113 Å². The Morgan fingerprint density at radius 2 is 1.47 bits per heavy atom. The summed E-state index contributed by atoms with van der Waals surface area (Å²) in [4.78, 5) is 0. The topological polar surface area (TPSA) is 9.23 Å². The van der Waals surface area contributed by atoms with E-state index in [1.807, 2.05) is 0 Å². The molecular weight excluding hydrogens is 478 g/mol. The van der Waals surface area contributed by atoms with E-state index < -0.39 is 35.6 Å². The lowest BCUT2D eigenvalue weighted by Crippen LogP contribution is -2.04. The summed E-state index contributed by atoms with van der Waals surface area (Å²) >= 11 is 0. The van der Waals surface area contributed by atoms with E-state index in [1.54, 1.807) is 18.2 Å². The molecule has 4 rings (SSSR count). The van der Waals surface area contributed by atoms with Crippen molar-refractivity contribution in [1.82, 2.24) is 0 Å². The number of rotatable bonds is 9. The third kappa shape index (κ3) is 5.56. The number of hydrogen-bond donors (Lipinski definition) is 0. The first-order valence-corrected chi connectivity index (χ1v) is 11.3. The van der Waals surface area contributed by atoms with Gasteiger partial charge in [0, 0.05) is 5.39 Å². The molecule has 0 unspecified atom stereocenters.